The molecule has 5 saturated carbocycles. The first-order valence-corrected chi connectivity index (χ1v) is 34.4. The van der Waals surface area contributed by atoms with Crippen LogP contribution in [0, 0.1) is 56.7 Å². The molecule has 32 heteroatoms. The molecular formula is C65H106O32. The van der Waals surface area contributed by atoms with Gasteiger partial charge in [0.05, 0.1) is 57.3 Å². The van der Waals surface area contributed by atoms with E-state index in [1.165, 1.54) is 6.92 Å². The Kier molecular flexibility index (Phi) is 22.9. The third-order valence-corrected chi connectivity index (χ3v) is 25.8. The topological polar surface area (TPSA) is 512 Å². The lowest BCUT2D eigenvalue weighted by atomic mass is 9.32. The largest absolute Gasteiger partial charge is 0.432 e. The van der Waals surface area contributed by atoms with Crippen molar-refractivity contribution in [1.82, 2.24) is 0 Å². The minimum atomic E-state index is -2.06. The van der Waals surface area contributed by atoms with Gasteiger partial charge in [0.2, 0.25) is 6.29 Å². The van der Waals surface area contributed by atoms with Gasteiger partial charge in [0.25, 0.3) is 0 Å². The molecule has 0 aromatic heterocycles. The van der Waals surface area contributed by atoms with E-state index in [1.807, 2.05) is 13.8 Å². The number of aliphatic hydroxyl groups is 19. The zero-order valence-electron chi connectivity index (χ0n) is 55.5. The van der Waals surface area contributed by atoms with E-state index in [2.05, 4.69) is 27.4 Å². The highest BCUT2D eigenvalue weighted by Gasteiger charge is 2.73. The molecule has 0 bridgehead atoms. The van der Waals surface area contributed by atoms with E-state index in [-0.39, 0.29) is 52.4 Å². The number of carbonyl (C=O) groups excluding carboxylic acids is 1. The van der Waals surface area contributed by atoms with E-state index >= 15 is 4.79 Å². The fourth-order valence-corrected chi connectivity index (χ4v) is 19.9. The molecule has 0 unspecified atom stereocenters. The van der Waals surface area contributed by atoms with Crippen molar-refractivity contribution in [3.63, 3.8) is 0 Å². The second-order valence-corrected chi connectivity index (χ2v) is 30.8. The molecule has 6 aliphatic heterocycles. The average Bonchev–Trinajstić information content (AvgIpc) is 1.61. The Hall–Kier alpha value is -1.99. The fourth-order valence-electron chi connectivity index (χ4n) is 19.9. The summed E-state index contributed by atoms with van der Waals surface area (Å²) in [7, 11) is 0. The molecule has 0 radical (unpaired) electrons. The predicted molar refractivity (Wildman–Crippen MR) is 322 cm³/mol. The van der Waals surface area contributed by atoms with Crippen LogP contribution in [0.4, 0.5) is 0 Å². The van der Waals surface area contributed by atoms with Gasteiger partial charge in [0, 0.05) is 5.41 Å². The van der Waals surface area contributed by atoms with Crippen LogP contribution in [0.25, 0.3) is 0 Å². The first-order valence-electron chi connectivity index (χ1n) is 34.4. The summed E-state index contributed by atoms with van der Waals surface area (Å²) in [6.07, 6.45) is -44.2. The standard InChI is InChI=1S/C65H106O32/c1-24(2)26-10-15-65(60(85)97-57-48(82)44(78)41(75)32(92-57)22-87-54-46(80)42(76)39(73)29(18-66)89-54)17-16-63(6)27(36(26)65)8-9-34-61(4)13-12-35(62(5,23-69)33(61)11-14-64(34,63)7)93-59-53(38(72)28(70)21-86-59)96-58-50(84)52(37(71)25(3)88-58)95-56-49(83)45(79)51(31(20-68)91-56)94-55-47(81)43(77)40(74)30(19-67)90-55/h25-59,66-84H,1,8-23H2,2-7H3/t25-,26-,27+,28-,29+,30+,31+,32+,33+,34+,35-,36+,37-,38-,39+,40+,41+,42-,43-,44-,45+,46+,47+,48+,49+,50+,51+,52+,53+,54+,55-,56-,57-,58-,59-,61-,62-,63+,64+,65-/m0/s1. The van der Waals surface area contributed by atoms with Crippen LogP contribution >= 0.6 is 0 Å². The molecule has 0 amide bonds. The molecule has 40 atom stereocenters. The van der Waals surface area contributed by atoms with Crippen LogP contribution in [0.5, 0.6) is 0 Å². The quantitative estimate of drug-likeness (QED) is 0.0345. The number of ether oxygens (including phenoxy) is 12. The van der Waals surface area contributed by atoms with Gasteiger partial charge in [0.15, 0.2) is 31.5 Å². The van der Waals surface area contributed by atoms with Gasteiger partial charge in [-0.1, -0.05) is 39.8 Å². The first-order chi connectivity index (χ1) is 45.7. The number of esters is 1. The summed E-state index contributed by atoms with van der Waals surface area (Å²) in [5.74, 6) is -1.01. The Morgan fingerprint density at radius 3 is 1.64 bits per heavy atom. The molecule has 19 N–H and O–H groups in total. The molecule has 6 heterocycles. The number of aliphatic hydroxyl groups excluding tert-OH is 19. The molecule has 97 heavy (non-hydrogen) atoms. The van der Waals surface area contributed by atoms with Crippen LogP contribution in [-0.2, 0) is 61.6 Å². The molecule has 32 nitrogen and oxygen atoms in total. The smallest absolute Gasteiger partial charge is 0.314 e. The maximum atomic E-state index is 15.2. The zero-order valence-corrected chi connectivity index (χ0v) is 55.5. The van der Waals surface area contributed by atoms with Crippen molar-refractivity contribution in [2.45, 2.75) is 290 Å². The van der Waals surface area contributed by atoms with Gasteiger partial charge in [-0.2, -0.15) is 0 Å². The van der Waals surface area contributed by atoms with Crippen molar-refractivity contribution < 1.29 is 159 Å². The summed E-state index contributed by atoms with van der Waals surface area (Å²) in [5, 5.41) is 206. The maximum Gasteiger partial charge on any atom is 0.314 e. The van der Waals surface area contributed by atoms with E-state index in [1.54, 1.807) is 0 Å². The second kappa shape index (κ2) is 29.2. The molecule has 0 aromatic rings. The number of rotatable bonds is 18. The molecule has 11 fully saturated rings. The molecule has 11 aliphatic rings. The molecule has 5 aliphatic carbocycles. The lowest BCUT2D eigenvalue weighted by Gasteiger charge is -2.73. The van der Waals surface area contributed by atoms with E-state index in [4.69, 9.17) is 56.8 Å². The molecule has 11 rings (SSSR count). The molecular weight excluding hydrogens is 1290 g/mol. The third kappa shape index (κ3) is 12.9. The number of hydrogen-bond acceptors (Lipinski definition) is 32. The summed E-state index contributed by atoms with van der Waals surface area (Å²) in [4.78, 5) is 15.2. The number of allylic oxidation sites excluding steroid dienone is 1. The third-order valence-electron chi connectivity index (χ3n) is 25.8. The number of fused-ring (bicyclic) bond motifs is 7. The number of hydrogen-bond donors (Lipinski definition) is 19. The van der Waals surface area contributed by atoms with Crippen LogP contribution in [0.15, 0.2) is 12.2 Å². The molecule has 558 valence electrons. The van der Waals surface area contributed by atoms with Crippen molar-refractivity contribution in [3.8, 4) is 0 Å². The van der Waals surface area contributed by atoms with E-state index in [0.717, 1.165) is 24.8 Å². The highest BCUT2D eigenvalue weighted by molar-refractivity contribution is 5.78. The van der Waals surface area contributed by atoms with Crippen molar-refractivity contribution in [2.24, 2.45) is 56.7 Å². The Balaban J connectivity index is 0.762. The summed E-state index contributed by atoms with van der Waals surface area (Å²) in [6, 6.07) is 0. The van der Waals surface area contributed by atoms with Crippen molar-refractivity contribution in [3.05, 3.63) is 12.2 Å². The monoisotopic (exact) mass is 1400 g/mol. The van der Waals surface area contributed by atoms with Gasteiger partial charge >= 0.3 is 5.97 Å². The second-order valence-electron chi connectivity index (χ2n) is 30.8. The average molecular weight is 1400 g/mol. The highest BCUT2D eigenvalue weighted by Crippen LogP contribution is 2.78. The maximum absolute atomic E-state index is 15.2. The summed E-state index contributed by atoms with van der Waals surface area (Å²) in [5.41, 5.74) is -2.13. The zero-order chi connectivity index (χ0) is 70.7. The van der Waals surface area contributed by atoms with Crippen molar-refractivity contribution >= 4 is 5.97 Å². The van der Waals surface area contributed by atoms with Crippen LogP contribution < -0.4 is 0 Å². The molecule has 0 spiro atoms. The van der Waals surface area contributed by atoms with Gasteiger partial charge in [-0.25, -0.2) is 0 Å². The minimum absolute atomic E-state index is 0.0167. The lowest BCUT2D eigenvalue weighted by Crippen LogP contribution is -2.68. The minimum Gasteiger partial charge on any atom is -0.432 e. The SMILES string of the molecule is C=C(C)[C@@H]1CC[C@]2(C(=O)O[C@@H]3O[C@H](CO[C@@H]4O[C@H](CO)[C@@H](O)[C@H](O)[C@H]4O)[C@@H](O)[C@H](O)[C@H]3O)CC[C@]3(C)[C@H](CC[C@@H]4[C@@]5(C)CC[C@H](O[C@@H]6OC[C@H](O)[C@H](O)[C@H]6O[C@@H]6O[C@@H](C)[C@H](O)[C@@H](O[C@@H]7O[C@H](CO)[C@@H](O[C@@H]8O[C@H](CO)[C@@H](O)[C@H](O)[C@H]8O)[C@H](O)[C@H]7O)[C@H]6O)[C@@](C)(CO)[C@@H]5CC[C@]43C)[C@@H]12. The van der Waals surface area contributed by atoms with E-state index in [9.17, 15) is 97.0 Å². The van der Waals surface area contributed by atoms with Crippen molar-refractivity contribution in [2.75, 3.05) is 39.6 Å². The normalized spacial score (nSPS) is 55.6. The van der Waals surface area contributed by atoms with Crippen molar-refractivity contribution in [1.29, 1.82) is 0 Å². The Labute approximate surface area is 561 Å². The fraction of sp³-hybridized carbons (Fsp3) is 0.954. The Morgan fingerprint density at radius 2 is 1.02 bits per heavy atom. The van der Waals surface area contributed by atoms with Crippen LogP contribution in [0.1, 0.15) is 106 Å². The summed E-state index contributed by atoms with van der Waals surface area (Å²) >= 11 is 0. The Morgan fingerprint density at radius 1 is 0.474 bits per heavy atom. The van der Waals surface area contributed by atoms with Gasteiger partial charge < -0.3 is 154 Å². The number of carbonyl (C=O) groups is 1. The van der Waals surface area contributed by atoms with Gasteiger partial charge in [0.1, 0.15) is 134 Å². The van der Waals surface area contributed by atoms with E-state index < -0.39 is 234 Å². The van der Waals surface area contributed by atoms with Gasteiger partial charge in [-0.3, -0.25) is 4.79 Å². The predicted octanol–water partition coefficient (Wildman–Crippen LogP) is -5.89. The highest BCUT2D eigenvalue weighted by atomic mass is 16.8. The van der Waals surface area contributed by atoms with Gasteiger partial charge in [-0.15, -0.1) is 0 Å². The van der Waals surface area contributed by atoms with Crippen LogP contribution in [0.2, 0.25) is 0 Å². The molecule has 6 saturated heterocycles. The van der Waals surface area contributed by atoms with E-state index in [0.29, 0.717) is 44.9 Å². The van der Waals surface area contributed by atoms with Crippen LogP contribution in [-0.4, -0.2) is 327 Å². The van der Waals surface area contributed by atoms with Gasteiger partial charge in [-0.05, 0) is 124 Å². The summed E-state index contributed by atoms with van der Waals surface area (Å²) in [6.45, 7) is 13.0. The Bertz CT molecular complexity index is 2680. The summed E-state index contributed by atoms with van der Waals surface area (Å²) < 4.78 is 71.3. The lowest BCUT2D eigenvalue weighted by molar-refractivity contribution is -0.390. The van der Waals surface area contributed by atoms with Crippen LogP contribution in [0.3, 0.4) is 0 Å². The first kappa shape index (κ1) is 76.1. The molecule has 0 aromatic carbocycles.